The van der Waals surface area contributed by atoms with Crippen LogP contribution in [0.1, 0.15) is 52.2 Å². The molecule has 0 fully saturated rings. The van der Waals surface area contributed by atoms with E-state index < -0.39 is 0 Å². The van der Waals surface area contributed by atoms with Crippen molar-refractivity contribution in [3.8, 4) is 5.69 Å². The van der Waals surface area contributed by atoms with Crippen LogP contribution >= 0.6 is 11.3 Å². The molecule has 4 aromatic rings. The van der Waals surface area contributed by atoms with Crippen LogP contribution in [-0.4, -0.2) is 26.1 Å². The molecule has 4 rings (SSSR count). The Morgan fingerprint density at radius 2 is 1.83 bits per heavy atom. The maximum atomic E-state index is 13.1. The first-order valence-corrected chi connectivity index (χ1v) is 10.3. The summed E-state index contributed by atoms with van der Waals surface area (Å²) in [7, 11) is 0. The summed E-state index contributed by atoms with van der Waals surface area (Å²) in [4.78, 5) is 14.1. The third-order valence-corrected chi connectivity index (χ3v) is 5.70. The first kappa shape index (κ1) is 19.0. The molecule has 1 atom stereocenters. The minimum atomic E-state index is -0.208. The van der Waals surface area contributed by atoms with Gasteiger partial charge in [-0.05, 0) is 57.1 Å². The molecule has 0 aliphatic rings. The van der Waals surface area contributed by atoms with Crippen molar-refractivity contribution in [2.24, 2.45) is 0 Å². The molecule has 29 heavy (non-hydrogen) atoms. The normalized spacial score (nSPS) is 12.1. The van der Waals surface area contributed by atoms with Gasteiger partial charge in [-0.1, -0.05) is 50.2 Å². The Kier molecular flexibility index (Phi) is 5.48. The number of thiophene rings is 1. The molecular formula is C22H21N5OS. The molecule has 0 saturated heterocycles. The Morgan fingerprint density at radius 3 is 2.48 bits per heavy atom. The molecule has 7 heteroatoms. The molecule has 0 saturated carbocycles. The highest BCUT2D eigenvalue weighted by molar-refractivity contribution is 7.10. The van der Waals surface area contributed by atoms with Gasteiger partial charge < -0.3 is 5.32 Å². The van der Waals surface area contributed by atoms with E-state index in [1.54, 1.807) is 23.5 Å². The monoisotopic (exact) mass is 403 g/mol. The van der Waals surface area contributed by atoms with Crippen molar-refractivity contribution in [3.63, 3.8) is 0 Å². The number of nitrogens with one attached hydrogen (secondary N) is 1. The van der Waals surface area contributed by atoms with Crippen molar-refractivity contribution in [2.45, 2.75) is 25.8 Å². The molecule has 1 N–H and O–H groups in total. The van der Waals surface area contributed by atoms with Crippen molar-refractivity contribution in [3.05, 3.63) is 93.9 Å². The van der Waals surface area contributed by atoms with E-state index in [1.165, 1.54) is 16.6 Å². The molecular weight excluding hydrogens is 382 g/mol. The third-order valence-electron chi connectivity index (χ3n) is 4.76. The van der Waals surface area contributed by atoms with E-state index in [-0.39, 0.29) is 11.9 Å². The Bertz CT molecular complexity index is 1070. The third kappa shape index (κ3) is 4.25. The average Bonchev–Trinajstić information content (AvgIpc) is 3.46. The first-order valence-electron chi connectivity index (χ1n) is 9.39. The maximum Gasteiger partial charge on any atom is 0.252 e. The van der Waals surface area contributed by atoms with E-state index in [0.717, 1.165) is 16.1 Å². The molecule has 0 spiro atoms. The van der Waals surface area contributed by atoms with Gasteiger partial charge in [0.15, 0.2) is 0 Å². The first-order chi connectivity index (χ1) is 14.1. The molecule has 0 aliphatic heterocycles. The average molecular weight is 404 g/mol. The van der Waals surface area contributed by atoms with Gasteiger partial charge in [0.1, 0.15) is 6.33 Å². The molecule has 2 heterocycles. The van der Waals surface area contributed by atoms with Crippen LogP contribution in [0.3, 0.4) is 0 Å². The summed E-state index contributed by atoms with van der Waals surface area (Å²) in [5.74, 6) is 0.319. The van der Waals surface area contributed by atoms with Gasteiger partial charge in [0.2, 0.25) is 0 Å². The predicted octanol–water partition coefficient (Wildman–Crippen LogP) is 4.37. The van der Waals surface area contributed by atoms with Gasteiger partial charge in [-0.2, -0.15) is 0 Å². The summed E-state index contributed by atoms with van der Waals surface area (Å²) in [6, 6.07) is 19.5. The van der Waals surface area contributed by atoms with Gasteiger partial charge in [-0.15, -0.1) is 16.4 Å². The fourth-order valence-electron chi connectivity index (χ4n) is 3.13. The second-order valence-electron chi connectivity index (χ2n) is 7.05. The number of hydrogen-bond donors (Lipinski definition) is 1. The molecule has 0 radical (unpaired) electrons. The minimum absolute atomic E-state index is 0.147. The number of carbonyl (C=O) groups excluding carboxylic acids is 1. The van der Waals surface area contributed by atoms with E-state index in [0.29, 0.717) is 11.5 Å². The van der Waals surface area contributed by atoms with Crippen LogP contribution in [0.5, 0.6) is 0 Å². The summed E-state index contributed by atoms with van der Waals surface area (Å²) in [6.45, 7) is 4.34. The zero-order valence-electron chi connectivity index (χ0n) is 16.2. The SMILES string of the molecule is CC(C)c1ccc([C@@H](NC(=O)c2cccc(-n3cnnn3)c2)c2cccs2)cc1. The molecule has 0 unspecified atom stereocenters. The molecule has 146 valence electrons. The predicted molar refractivity (Wildman–Crippen MR) is 113 cm³/mol. The van der Waals surface area contributed by atoms with Gasteiger partial charge in [-0.3, -0.25) is 4.79 Å². The van der Waals surface area contributed by atoms with Crippen LogP contribution < -0.4 is 5.32 Å². The van der Waals surface area contributed by atoms with Crippen molar-refractivity contribution in [2.75, 3.05) is 0 Å². The smallest absolute Gasteiger partial charge is 0.252 e. The van der Waals surface area contributed by atoms with Gasteiger partial charge >= 0.3 is 0 Å². The summed E-state index contributed by atoms with van der Waals surface area (Å²) in [6.07, 6.45) is 1.50. The maximum absolute atomic E-state index is 13.1. The number of nitrogens with zero attached hydrogens (tertiary/aromatic N) is 4. The van der Waals surface area contributed by atoms with Gasteiger partial charge in [-0.25, -0.2) is 4.68 Å². The molecule has 0 aliphatic carbocycles. The Balaban J connectivity index is 1.61. The van der Waals surface area contributed by atoms with E-state index in [9.17, 15) is 4.79 Å². The number of carbonyl (C=O) groups is 1. The summed E-state index contributed by atoms with van der Waals surface area (Å²) >= 11 is 1.63. The van der Waals surface area contributed by atoms with E-state index >= 15 is 0 Å². The number of amides is 1. The fraction of sp³-hybridized carbons (Fsp3) is 0.182. The van der Waals surface area contributed by atoms with Gasteiger partial charge in [0, 0.05) is 10.4 Å². The molecule has 2 aromatic heterocycles. The van der Waals surface area contributed by atoms with Crippen molar-refractivity contribution >= 4 is 17.2 Å². The largest absolute Gasteiger partial charge is 0.340 e. The highest BCUT2D eigenvalue weighted by Crippen LogP contribution is 2.28. The molecule has 1 amide bonds. The Morgan fingerprint density at radius 1 is 1.03 bits per heavy atom. The summed E-state index contributed by atoms with van der Waals surface area (Å²) < 4.78 is 1.53. The highest BCUT2D eigenvalue weighted by Gasteiger charge is 2.19. The lowest BCUT2D eigenvalue weighted by Gasteiger charge is -2.19. The summed E-state index contributed by atoms with van der Waals surface area (Å²) in [5.41, 5.74) is 3.62. The molecule has 0 bridgehead atoms. The number of aromatic nitrogens is 4. The minimum Gasteiger partial charge on any atom is -0.340 e. The summed E-state index contributed by atoms with van der Waals surface area (Å²) in [5, 5.41) is 16.4. The van der Waals surface area contributed by atoms with E-state index in [2.05, 4.69) is 59.0 Å². The lowest BCUT2D eigenvalue weighted by Crippen LogP contribution is -2.29. The zero-order chi connectivity index (χ0) is 20.2. The van der Waals surface area contributed by atoms with Gasteiger partial charge in [0.25, 0.3) is 5.91 Å². The van der Waals surface area contributed by atoms with Crippen LogP contribution in [0.4, 0.5) is 0 Å². The fourth-order valence-corrected chi connectivity index (χ4v) is 3.93. The van der Waals surface area contributed by atoms with Crippen molar-refractivity contribution in [1.82, 2.24) is 25.5 Å². The number of tetrazole rings is 1. The van der Waals surface area contributed by atoms with Crippen molar-refractivity contribution < 1.29 is 4.79 Å². The highest BCUT2D eigenvalue weighted by atomic mass is 32.1. The van der Waals surface area contributed by atoms with Crippen LogP contribution in [-0.2, 0) is 0 Å². The second kappa shape index (κ2) is 8.36. The van der Waals surface area contributed by atoms with Crippen LogP contribution in [0.25, 0.3) is 5.69 Å². The number of benzene rings is 2. The topological polar surface area (TPSA) is 72.7 Å². The lowest BCUT2D eigenvalue weighted by molar-refractivity contribution is 0.0943. The zero-order valence-corrected chi connectivity index (χ0v) is 17.0. The van der Waals surface area contributed by atoms with Crippen molar-refractivity contribution in [1.29, 1.82) is 0 Å². The quantitative estimate of drug-likeness (QED) is 0.519. The second-order valence-corrected chi connectivity index (χ2v) is 8.03. The van der Waals surface area contributed by atoms with E-state index in [4.69, 9.17) is 0 Å². The number of hydrogen-bond acceptors (Lipinski definition) is 5. The van der Waals surface area contributed by atoms with Crippen LogP contribution in [0, 0.1) is 0 Å². The van der Waals surface area contributed by atoms with Gasteiger partial charge in [0.05, 0.1) is 11.7 Å². The lowest BCUT2D eigenvalue weighted by atomic mass is 9.98. The molecule has 2 aromatic carbocycles. The van der Waals surface area contributed by atoms with Crippen LogP contribution in [0.15, 0.2) is 72.4 Å². The Hall–Kier alpha value is -3.32. The number of rotatable bonds is 6. The molecule has 6 nitrogen and oxygen atoms in total. The van der Waals surface area contributed by atoms with E-state index in [1.807, 2.05) is 29.6 Å². The standard InChI is InChI=1S/C22H21N5OS/c1-15(2)16-8-10-17(11-9-16)21(20-7-4-12-29-20)24-22(28)18-5-3-6-19(13-18)27-14-23-25-26-27/h3-15,21H,1-2H3,(H,24,28)/t21-/m1/s1. The Labute approximate surface area is 173 Å². The van der Waals surface area contributed by atoms with Crippen LogP contribution in [0.2, 0.25) is 0 Å².